The molecule has 8 saturated heterocycles. The van der Waals surface area contributed by atoms with Gasteiger partial charge in [-0.15, -0.1) is 0 Å². The topological polar surface area (TPSA) is 326 Å². The first-order valence-electron chi connectivity index (χ1n) is 46.4. The number of methoxy groups -OCH3 is 1. The monoisotopic (exact) mass is 1710 g/mol. The number of likely N-dealkylation sites (tertiary alicyclic amines) is 8. The Bertz CT molecular complexity index is 4770. The van der Waals surface area contributed by atoms with E-state index in [9.17, 15) is 53.1 Å². The number of pyridine rings is 4. The van der Waals surface area contributed by atoms with Gasteiger partial charge in [-0.3, -0.25) is 38.4 Å². The molecule has 0 radical (unpaired) electrons. The molecular weight excluding hydrogens is 1580 g/mol. The van der Waals surface area contributed by atoms with Crippen LogP contribution in [0.15, 0.2) is 109 Å². The quantitative estimate of drug-likeness (QED) is 0.0199. The molecule has 0 bridgehead atoms. The molecule has 668 valence electrons. The minimum Gasteiger partial charge on any atom is -0.480 e. The van der Waals surface area contributed by atoms with Crippen LogP contribution in [0, 0.1) is 11.3 Å². The number of carboxylic acids is 1. The van der Waals surface area contributed by atoms with Crippen LogP contribution in [0.3, 0.4) is 0 Å². The molecule has 1 aliphatic carbocycles. The summed E-state index contributed by atoms with van der Waals surface area (Å²) in [6.07, 6.45) is 23.7. The van der Waals surface area contributed by atoms with Crippen molar-refractivity contribution in [2.45, 2.75) is 218 Å². The first-order valence-corrected chi connectivity index (χ1v) is 46.4. The van der Waals surface area contributed by atoms with Gasteiger partial charge in [-0.2, -0.15) is 0 Å². The maximum Gasteiger partial charge on any atom is 0.328 e. The number of ether oxygens (including phenoxy) is 1. The summed E-state index contributed by atoms with van der Waals surface area (Å²) in [6, 6.07) is 30.9. The number of aryl methyl sites for hydroxylation is 2. The lowest BCUT2D eigenvalue weighted by Gasteiger charge is -2.29. The molecule has 15 rings (SSSR count). The number of esters is 1. The summed E-state index contributed by atoms with van der Waals surface area (Å²) < 4.78 is 5.18. The molecule has 12 heterocycles. The van der Waals surface area contributed by atoms with Crippen LogP contribution in [0.25, 0.3) is 22.3 Å². The fourth-order valence-corrected chi connectivity index (χ4v) is 20.0. The first-order chi connectivity index (χ1) is 60.6. The van der Waals surface area contributed by atoms with Crippen molar-refractivity contribution in [3.8, 4) is 22.3 Å². The van der Waals surface area contributed by atoms with Crippen molar-refractivity contribution in [3.05, 3.63) is 166 Å². The first kappa shape index (κ1) is 90.8. The molecule has 5 N–H and O–H groups in total. The van der Waals surface area contributed by atoms with E-state index in [0.717, 1.165) is 232 Å². The van der Waals surface area contributed by atoms with E-state index < -0.39 is 53.1 Å². The van der Waals surface area contributed by atoms with Gasteiger partial charge >= 0.3 is 11.9 Å². The van der Waals surface area contributed by atoms with Crippen LogP contribution in [0.2, 0.25) is 0 Å². The Kier molecular flexibility index (Phi) is 31.4. The Morgan fingerprint density at radius 2 is 0.672 bits per heavy atom. The highest BCUT2D eigenvalue weighted by Crippen LogP contribution is 2.35. The third kappa shape index (κ3) is 23.8. The Balaban J connectivity index is 0.000000203. The zero-order valence-corrected chi connectivity index (χ0v) is 73.6. The van der Waals surface area contributed by atoms with Gasteiger partial charge in [0.2, 0.25) is 0 Å². The predicted octanol–water partition coefficient (Wildman–Crippen LogP) is 10.9. The van der Waals surface area contributed by atoms with Crippen LogP contribution in [0.4, 0.5) is 0 Å². The normalized spacial score (nSPS) is 20.8. The van der Waals surface area contributed by atoms with Gasteiger partial charge in [0.05, 0.1) is 7.11 Å². The van der Waals surface area contributed by atoms with E-state index in [2.05, 4.69) is 63.0 Å². The predicted molar refractivity (Wildman–Crippen MR) is 476 cm³/mol. The van der Waals surface area contributed by atoms with Crippen LogP contribution in [-0.4, -0.2) is 285 Å². The number of aliphatic carboxylic acids is 1. The third-order valence-electron chi connectivity index (χ3n) is 26.8. The molecule has 4 aromatic heterocycles. The van der Waals surface area contributed by atoms with Crippen molar-refractivity contribution in [1.82, 2.24) is 80.4 Å². The Morgan fingerprint density at radius 1 is 0.376 bits per heavy atom. The SMILES string of the molecule is CC(C)(C)C(NC(=O)c1cc(-c2cc(C(=O)NCCCc3ccccc3)nc(C(=O)N3CCCC3CN3CCCC3)c2)cc(C(=O)N2CCCC2CN2CCCC2)n1)C(=O)O.COC(=O)C(NC(=O)c1cc(-c2cc(C(=O)NCCCc3ccccc3)nc(C(=O)N3CCCC3CN3CCCC3)c2)cc(C(=O)N2CCCC2CN2CCCC2)n1)C1CCCCC1. The number of carbonyl (C=O) groups excluding carboxylic acids is 9. The van der Waals surface area contributed by atoms with Gasteiger partial charge in [-0.05, 0) is 287 Å². The number of carboxylic acid groups (broad SMARTS) is 1. The smallest absolute Gasteiger partial charge is 0.328 e. The van der Waals surface area contributed by atoms with E-state index >= 15 is 0 Å². The van der Waals surface area contributed by atoms with Crippen molar-refractivity contribution >= 4 is 59.2 Å². The zero-order valence-electron chi connectivity index (χ0n) is 73.6. The lowest BCUT2D eigenvalue weighted by molar-refractivity contribution is -0.145. The number of hydrogen-bond acceptors (Lipinski definition) is 19. The number of nitrogens with one attached hydrogen (secondary N) is 4. The van der Waals surface area contributed by atoms with E-state index in [1.807, 2.05) is 68.1 Å². The summed E-state index contributed by atoms with van der Waals surface area (Å²) in [4.78, 5) is 176. The highest BCUT2D eigenvalue weighted by molar-refractivity contribution is 6.04. The van der Waals surface area contributed by atoms with Gasteiger partial charge in [0.1, 0.15) is 57.6 Å². The molecule has 6 atom stereocenters. The number of rotatable bonds is 31. The van der Waals surface area contributed by atoms with E-state index in [0.29, 0.717) is 74.4 Å². The molecule has 8 aliphatic heterocycles. The maximum absolute atomic E-state index is 14.7. The van der Waals surface area contributed by atoms with Crippen LogP contribution in [0.1, 0.15) is 263 Å². The van der Waals surface area contributed by atoms with Crippen LogP contribution in [-0.2, 0) is 27.2 Å². The summed E-state index contributed by atoms with van der Waals surface area (Å²) >= 11 is 0. The highest BCUT2D eigenvalue weighted by atomic mass is 16.5. The van der Waals surface area contributed by atoms with E-state index in [1.165, 1.54) is 18.7 Å². The van der Waals surface area contributed by atoms with E-state index in [1.54, 1.807) is 63.2 Å². The number of benzene rings is 2. The van der Waals surface area contributed by atoms with Crippen molar-refractivity contribution in [1.29, 1.82) is 0 Å². The molecule has 6 unspecified atom stereocenters. The van der Waals surface area contributed by atoms with E-state index in [-0.39, 0.29) is 99.3 Å². The lowest BCUT2D eigenvalue weighted by Crippen LogP contribution is -2.49. The Labute approximate surface area is 735 Å². The second kappa shape index (κ2) is 43.2. The number of carbonyl (C=O) groups is 10. The van der Waals surface area contributed by atoms with Crippen molar-refractivity contribution < 1.29 is 57.8 Å². The molecule has 0 spiro atoms. The standard InChI is InChI=1S/C50H66N8O6.C47H62N8O6/c1-64-50(63)45(36-18-6-3-7-19-36)54-47(60)42-30-38(32-44(53-42)49(62)58-28-14-21-40(58)34-56-25-10-11-26-56)37-29-41(46(59)51-22-12-17-35-15-4-2-5-16-35)52-43(31-37)48(61)57-27-13-20-39(57)33-55-23-8-9-24-55;1-47(2,3)41(46(60)61)51-43(57)38-27-34(29-40(50-38)45(59)55-25-13-18-36(55)31-53-22-9-10-23-53)33-26-37(42(56)48-19-11-16-32-14-5-4-6-15-32)49-39(28-33)44(58)54-24-12-17-35(54)30-52-20-7-8-21-52/h2,4-5,15-16,29-32,36,39-40,45H,3,6-14,17-28,33-34H2,1H3,(H,51,59)(H,54,60);4-6,14-15,26-29,35-36,41H,7-13,16-25,30-31H2,1-3H3,(H,48,56)(H,51,57)(H,60,61). The lowest BCUT2D eigenvalue weighted by atomic mass is 9.84. The van der Waals surface area contributed by atoms with Crippen molar-refractivity contribution in [3.63, 3.8) is 0 Å². The van der Waals surface area contributed by atoms with Gasteiger partial charge in [0.25, 0.3) is 47.3 Å². The molecule has 2 aromatic carbocycles. The highest BCUT2D eigenvalue weighted by Gasteiger charge is 2.41. The molecule has 28 heteroatoms. The largest absolute Gasteiger partial charge is 0.480 e. The second-order valence-electron chi connectivity index (χ2n) is 36.9. The second-order valence-corrected chi connectivity index (χ2v) is 36.9. The molecule has 1 saturated carbocycles. The molecule has 125 heavy (non-hydrogen) atoms. The molecule has 8 amide bonds. The fraction of sp³-hybridized carbons (Fsp3) is 0.567. The van der Waals surface area contributed by atoms with Crippen molar-refractivity contribution in [2.75, 3.05) is 125 Å². The van der Waals surface area contributed by atoms with Gasteiger partial charge in [0.15, 0.2) is 0 Å². The van der Waals surface area contributed by atoms with E-state index in [4.69, 9.17) is 14.7 Å². The molecule has 9 aliphatic rings. The minimum atomic E-state index is -1.25. The summed E-state index contributed by atoms with van der Waals surface area (Å²) in [5, 5.41) is 21.7. The van der Waals surface area contributed by atoms with Crippen LogP contribution in [0.5, 0.6) is 0 Å². The molecular formula is C97H128N16O12. The average Bonchev–Trinajstić information content (AvgIpc) is 1.77. The molecule has 6 aromatic rings. The molecule has 28 nitrogen and oxygen atoms in total. The number of nitrogens with zero attached hydrogens (tertiary/aromatic N) is 12. The summed E-state index contributed by atoms with van der Waals surface area (Å²) in [5.41, 5.74) is 3.46. The van der Waals surface area contributed by atoms with Crippen LogP contribution < -0.4 is 21.3 Å². The van der Waals surface area contributed by atoms with Gasteiger partial charge < -0.3 is 70.3 Å². The van der Waals surface area contributed by atoms with Crippen LogP contribution >= 0.6 is 0 Å². The minimum absolute atomic E-state index is 0.0121. The van der Waals surface area contributed by atoms with Gasteiger partial charge in [-0.25, -0.2) is 29.5 Å². The Hall–Kier alpha value is -10.4. The number of hydrogen-bond donors (Lipinski definition) is 5. The zero-order chi connectivity index (χ0) is 87.5. The van der Waals surface area contributed by atoms with Gasteiger partial charge in [-0.1, -0.05) is 101 Å². The maximum atomic E-state index is 14.7. The summed E-state index contributed by atoms with van der Waals surface area (Å²) in [6.45, 7) is 19.5. The molecule has 9 fully saturated rings. The number of aromatic nitrogens is 4. The third-order valence-corrected chi connectivity index (χ3v) is 26.8. The summed E-state index contributed by atoms with van der Waals surface area (Å²) in [7, 11) is 1.32. The number of amides is 8. The summed E-state index contributed by atoms with van der Waals surface area (Å²) in [5.74, 6) is -5.16. The van der Waals surface area contributed by atoms with Gasteiger partial charge in [0, 0.05) is 89.6 Å². The average molecular weight is 1710 g/mol. The van der Waals surface area contributed by atoms with Crippen molar-refractivity contribution in [2.24, 2.45) is 11.3 Å². The Morgan fingerprint density at radius 3 is 0.968 bits per heavy atom. The fourth-order valence-electron chi connectivity index (χ4n) is 20.0.